The highest BCUT2D eigenvalue weighted by molar-refractivity contribution is 14.1. The average Bonchev–Trinajstić information content (AvgIpc) is 2.38. The second kappa shape index (κ2) is 6.54. The number of halogens is 2. The van der Waals surface area contributed by atoms with E-state index in [-0.39, 0.29) is 12.6 Å². The Balaban J connectivity index is 2.14. The molecule has 2 rings (SSSR count). The van der Waals surface area contributed by atoms with E-state index in [9.17, 15) is 9.18 Å². The van der Waals surface area contributed by atoms with E-state index >= 15 is 0 Å². The van der Waals surface area contributed by atoms with Crippen molar-refractivity contribution in [2.45, 2.75) is 32.3 Å². The molecule has 0 N–H and O–H groups in total. The van der Waals surface area contributed by atoms with Gasteiger partial charge in [-0.05, 0) is 67.0 Å². The first-order chi connectivity index (χ1) is 9.13. The fraction of sp³-hybridized carbons (Fsp3) is 0.500. The van der Waals surface area contributed by atoms with Gasteiger partial charge in [0.1, 0.15) is 5.75 Å². The van der Waals surface area contributed by atoms with E-state index in [1.165, 1.54) is 0 Å². The number of amides is 1. The van der Waals surface area contributed by atoms with E-state index in [1.54, 1.807) is 11.8 Å². The summed E-state index contributed by atoms with van der Waals surface area (Å²) in [6.45, 7) is 2.10. The van der Waals surface area contributed by atoms with Gasteiger partial charge in [0.25, 0.3) is 5.91 Å². The molecule has 0 fully saturated rings. The summed E-state index contributed by atoms with van der Waals surface area (Å²) >= 11 is 2.22. The Bertz CT molecular complexity index is 467. The molecule has 0 bridgehead atoms. The summed E-state index contributed by atoms with van der Waals surface area (Å²) in [4.78, 5) is 13.9. The number of carbonyl (C=O) groups is 1. The molecule has 1 aliphatic heterocycles. The van der Waals surface area contributed by atoms with Gasteiger partial charge in [-0.25, -0.2) is 0 Å². The van der Waals surface area contributed by atoms with E-state index in [2.05, 4.69) is 22.6 Å². The Hall–Kier alpha value is -0.850. The fourth-order valence-electron chi connectivity index (χ4n) is 2.16. The van der Waals surface area contributed by atoms with Crippen molar-refractivity contribution in [1.29, 1.82) is 0 Å². The predicted octanol–water partition coefficient (Wildman–Crippen LogP) is 3.54. The summed E-state index contributed by atoms with van der Waals surface area (Å²) in [5, 5.41) is 0. The number of anilines is 1. The van der Waals surface area contributed by atoms with Crippen molar-refractivity contribution in [2.75, 3.05) is 18.1 Å². The van der Waals surface area contributed by atoms with Crippen molar-refractivity contribution in [3.63, 3.8) is 0 Å². The zero-order valence-corrected chi connectivity index (χ0v) is 13.0. The number of ether oxygens (including phenoxy) is 1. The molecule has 0 radical (unpaired) electrons. The van der Waals surface area contributed by atoms with Crippen LogP contribution in [0.1, 0.15) is 26.2 Å². The minimum atomic E-state index is -0.452. The van der Waals surface area contributed by atoms with Gasteiger partial charge in [-0.1, -0.05) is 0 Å². The standard InChI is InChI=1S/C14H17FINO2/c1-10-14(18)17(8-4-2-3-7-15)12-6-5-11(16)9-13(12)19-10/h5-6,9-10H,2-4,7-8H2,1H3. The topological polar surface area (TPSA) is 29.5 Å². The Morgan fingerprint density at radius 2 is 2.16 bits per heavy atom. The lowest BCUT2D eigenvalue weighted by molar-refractivity contribution is -0.125. The van der Waals surface area contributed by atoms with Gasteiger partial charge in [0, 0.05) is 10.1 Å². The monoisotopic (exact) mass is 377 g/mol. The third kappa shape index (κ3) is 3.38. The van der Waals surface area contributed by atoms with Crippen LogP contribution in [0, 0.1) is 3.57 Å². The zero-order chi connectivity index (χ0) is 13.8. The number of rotatable bonds is 5. The first-order valence-electron chi connectivity index (χ1n) is 6.47. The van der Waals surface area contributed by atoms with Crippen LogP contribution in [-0.4, -0.2) is 25.2 Å². The van der Waals surface area contributed by atoms with Crippen LogP contribution in [0.5, 0.6) is 5.75 Å². The van der Waals surface area contributed by atoms with Gasteiger partial charge in [-0.2, -0.15) is 0 Å². The Morgan fingerprint density at radius 3 is 2.89 bits per heavy atom. The lowest BCUT2D eigenvalue weighted by atomic mass is 10.1. The molecule has 19 heavy (non-hydrogen) atoms. The molecule has 1 unspecified atom stereocenters. The number of carbonyl (C=O) groups excluding carboxylic acids is 1. The quantitative estimate of drug-likeness (QED) is 0.580. The highest BCUT2D eigenvalue weighted by Gasteiger charge is 2.30. The molecule has 1 aliphatic rings. The summed E-state index contributed by atoms with van der Waals surface area (Å²) in [5.74, 6) is 0.735. The van der Waals surface area contributed by atoms with E-state index in [1.807, 2.05) is 18.2 Å². The molecule has 0 aromatic heterocycles. The van der Waals surface area contributed by atoms with Crippen LogP contribution in [0.15, 0.2) is 18.2 Å². The summed E-state index contributed by atoms with van der Waals surface area (Å²) in [5.41, 5.74) is 0.823. The first-order valence-corrected chi connectivity index (χ1v) is 7.55. The third-order valence-electron chi connectivity index (χ3n) is 3.15. The van der Waals surface area contributed by atoms with E-state index in [0.29, 0.717) is 13.0 Å². The molecule has 0 saturated heterocycles. The summed E-state index contributed by atoms with van der Waals surface area (Å²) in [7, 11) is 0. The van der Waals surface area contributed by atoms with Crippen LogP contribution in [-0.2, 0) is 4.79 Å². The number of fused-ring (bicyclic) bond motifs is 1. The molecular weight excluding hydrogens is 360 g/mol. The van der Waals surface area contributed by atoms with Crippen LogP contribution in [0.2, 0.25) is 0 Å². The molecule has 5 heteroatoms. The molecule has 1 aromatic rings. The van der Waals surface area contributed by atoms with Crippen LogP contribution >= 0.6 is 22.6 Å². The SMILES string of the molecule is CC1Oc2cc(I)ccc2N(CCCCCF)C1=O. The molecule has 0 saturated carbocycles. The van der Waals surface area contributed by atoms with E-state index in [4.69, 9.17) is 4.74 Å². The van der Waals surface area contributed by atoms with Crippen molar-refractivity contribution in [1.82, 2.24) is 0 Å². The maximum absolute atomic E-state index is 12.2. The van der Waals surface area contributed by atoms with E-state index in [0.717, 1.165) is 27.8 Å². The van der Waals surface area contributed by atoms with Gasteiger partial charge in [0.2, 0.25) is 0 Å². The maximum atomic E-state index is 12.2. The summed E-state index contributed by atoms with van der Waals surface area (Å²) in [6.07, 6.45) is 1.73. The molecule has 104 valence electrons. The number of hydrogen-bond donors (Lipinski definition) is 0. The Labute approximate surface area is 126 Å². The smallest absolute Gasteiger partial charge is 0.267 e. The Morgan fingerprint density at radius 1 is 1.37 bits per heavy atom. The van der Waals surface area contributed by atoms with Gasteiger partial charge in [-0.15, -0.1) is 0 Å². The molecule has 1 amide bonds. The number of benzene rings is 1. The van der Waals surface area contributed by atoms with Gasteiger partial charge < -0.3 is 9.64 Å². The summed E-state index contributed by atoms with van der Waals surface area (Å²) < 4.78 is 18.8. The van der Waals surface area contributed by atoms with Crippen LogP contribution in [0.4, 0.5) is 10.1 Å². The number of nitrogens with zero attached hydrogens (tertiary/aromatic N) is 1. The fourth-order valence-corrected chi connectivity index (χ4v) is 2.62. The average molecular weight is 377 g/mol. The highest BCUT2D eigenvalue weighted by Crippen LogP contribution is 2.35. The Kier molecular flexibility index (Phi) is 5.01. The van der Waals surface area contributed by atoms with E-state index < -0.39 is 6.10 Å². The summed E-state index contributed by atoms with van der Waals surface area (Å²) in [6, 6.07) is 5.81. The number of unbranched alkanes of at least 4 members (excludes halogenated alkanes) is 2. The van der Waals surface area contributed by atoms with Crippen molar-refractivity contribution in [2.24, 2.45) is 0 Å². The molecule has 1 aromatic carbocycles. The van der Waals surface area contributed by atoms with Crippen molar-refractivity contribution < 1.29 is 13.9 Å². The zero-order valence-electron chi connectivity index (χ0n) is 10.9. The molecule has 0 spiro atoms. The van der Waals surface area contributed by atoms with Crippen LogP contribution in [0.3, 0.4) is 0 Å². The maximum Gasteiger partial charge on any atom is 0.267 e. The number of hydrogen-bond acceptors (Lipinski definition) is 2. The van der Waals surface area contributed by atoms with Crippen LogP contribution < -0.4 is 9.64 Å². The molecule has 0 aliphatic carbocycles. The lowest BCUT2D eigenvalue weighted by Gasteiger charge is -2.33. The van der Waals surface area contributed by atoms with Gasteiger partial charge >= 0.3 is 0 Å². The van der Waals surface area contributed by atoms with Crippen molar-refractivity contribution in [3.05, 3.63) is 21.8 Å². The molecular formula is C14H17FINO2. The number of alkyl halides is 1. The molecule has 1 atom stereocenters. The third-order valence-corrected chi connectivity index (χ3v) is 3.82. The molecule has 1 heterocycles. The normalized spacial score (nSPS) is 18.2. The predicted molar refractivity (Wildman–Crippen MR) is 81.4 cm³/mol. The van der Waals surface area contributed by atoms with Crippen molar-refractivity contribution >= 4 is 34.2 Å². The lowest BCUT2D eigenvalue weighted by Crippen LogP contribution is -2.44. The van der Waals surface area contributed by atoms with Gasteiger partial charge in [0.05, 0.1) is 12.4 Å². The van der Waals surface area contributed by atoms with Crippen LogP contribution in [0.25, 0.3) is 0 Å². The minimum absolute atomic E-state index is 0.0195. The largest absolute Gasteiger partial charge is 0.479 e. The minimum Gasteiger partial charge on any atom is -0.479 e. The second-order valence-electron chi connectivity index (χ2n) is 4.61. The second-order valence-corrected chi connectivity index (χ2v) is 5.86. The highest BCUT2D eigenvalue weighted by atomic mass is 127. The molecule has 3 nitrogen and oxygen atoms in total. The van der Waals surface area contributed by atoms with Crippen molar-refractivity contribution in [3.8, 4) is 5.75 Å². The van der Waals surface area contributed by atoms with Gasteiger partial charge in [0.15, 0.2) is 6.10 Å². The first kappa shape index (κ1) is 14.6. The van der Waals surface area contributed by atoms with Gasteiger partial charge in [-0.3, -0.25) is 9.18 Å².